The average molecular weight is 761 g/mol. The number of benzene rings is 1. The lowest BCUT2D eigenvalue weighted by Crippen LogP contribution is -2.65. The largest absolute Gasteiger partial charge is 0.481 e. The van der Waals surface area contributed by atoms with Gasteiger partial charge in [0.05, 0.1) is 11.8 Å². The summed E-state index contributed by atoms with van der Waals surface area (Å²) in [4.78, 5) is 52.4. The van der Waals surface area contributed by atoms with Gasteiger partial charge in [0.25, 0.3) is 0 Å². The highest BCUT2D eigenvalue weighted by Crippen LogP contribution is 2.77. The van der Waals surface area contributed by atoms with Gasteiger partial charge in [-0.3, -0.25) is 19.2 Å². The molecule has 0 unspecified atom stereocenters. The maximum Gasteiger partial charge on any atom is 0.309 e. The Morgan fingerprint density at radius 1 is 0.944 bits per heavy atom. The summed E-state index contributed by atoms with van der Waals surface area (Å²) in [6, 6.07) is 7.75. The monoisotopic (exact) mass is 760 g/mol. The van der Waals surface area contributed by atoms with E-state index in [1.54, 1.807) is 19.9 Å². The van der Waals surface area contributed by atoms with Gasteiger partial charge in [-0.25, -0.2) is 0 Å². The fourth-order valence-corrected chi connectivity index (χ4v) is 13.4. The van der Waals surface area contributed by atoms with Gasteiger partial charge >= 0.3 is 11.9 Å². The smallest absolute Gasteiger partial charge is 0.309 e. The Labute approximate surface area is 329 Å². The molecule has 0 saturated heterocycles. The zero-order valence-electron chi connectivity index (χ0n) is 34.6. The summed E-state index contributed by atoms with van der Waals surface area (Å²) >= 11 is 6.25. The van der Waals surface area contributed by atoms with Gasteiger partial charge in [0.1, 0.15) is 6.10 Å². The van der Waals surface area contributed by atoms with E-state index < -0.39 is 22.8 Å². The Morgan fingerprint density at radius 3 is 2.30 bits per heavy atom. The van der Waals surface area contributed by atoms with E-state index in [-0.39, 0.29) is 63.5 Å². The molecule has 1 aromatic carbocycles. The van der Waals surface area contributed by atoms with E-state index in [0.29, 0.717) is 29.7 Å². The number of carboxylic acid groups (broad SMARTS) is 1. The molecule has 54 heavy (non-hydrogen) atoms. The minimum absolute atomic E-state index is 0.00228. The van der Waals surface area contributed by atoms with Gasteiger partial charge in [-0.05, 0) is 146 Å². The van der Waals surface area contributed by atoms with Gasteiger partial charge in [-0.15, -0.1) is 0 Å². The molecular weight excluding hydrogens is 696 g/mol. The number of Topliss-reactive ketones (excluding diaryl/α,β-unsaturated/α-hetero) is 1. The number of ketones is 2. The van der Waals surface area contributed by atoms with E-state index in [9.17, 15) is 24.3 Å². The Bertz CT molecular complexity index is 1770. The molecule has 0 radical (unpaired) electrons. The molecule has 5 aliphatic carbocycles. The molecule has 1 aromatic rings. The SMILES string of the molecule is CC(C)C1=C2[C@H]3CC[C@@H]4[C@@]5(C)CC[C@H](OC(=O)CC(C)(C)C(=O)O)C(C)(C)[C@@H]5CC[C@@]4(C)[C@]3(C)CC[C@@]2(/C=C/C(=O)C[C@H](C)c2cccc(Cl)c2)CC1=O. The van der Waals surface area contributed by atoms with Crippen LogP contribution in [0.15, 0.2) is 47.6 Å². The molecule has 0 aliphatic heterocycles. The number of carboxylic acids is 1. The minimum atomic E-state index is -1.17. The van der Waals surface area contributed by atoms with Crippen LogP contribution in [0.1, 0.15) is 151 Å². The van der Waals surface area contributed by atoms with Crippen LogP contribution in [0.4, 0.5) is 0 Å². The molecule has 5 aliphatic rings. The lowest BCUT2D eigenvalue weighted by atomic mass is 9.33. The summed E-state index contributed by atoms with van der Waals surface area (Å²) in [5, 5.41) is 10.3. The first-order valence-electron chi connectivity index (χ1n) is 20.7. The first-order chi connectivity index (χ1) is 25.0. The number of esters is 1. The standard InChI is InChI=1S/C47H65ClO6/c1-28(2)39-34(50)26-47(21-16-32(49)24-29(3)30-12-11-13-31(48)25-30)23-22-45(9)33(40(39)47)14-15-36-44(8)19-18-37(54-38(51)27-42(4,5)41(52)53)43(6,7)35(44)17-20-46(36,45)10/h11-13,16,21,25,28-29,33,35-37H,14-15,17-20,22-24,26-27H2,1-10H3,(H,52,53)/b21-16+/t29-,33+,35-,36+,37-,44-,45+,46+,47-/m0/s1. The van der Waals surface area contributed by atoms with Gasteiger partial charge in [0.15, 0.2) is 11.6 Å². The third-order valence-corrected chi connectivity index (χ3v) is 16.6. The van der Waals surface area contributed by atoms with Crippen molar-refractivity contribution in [1.82, 2.24) is 0 Å². The van der Waals surface area contributed by atoms with E-state index in [4.69, 9.17) is 16.3 Å². The Hall–Kier alpha value is -2.73. The number of aliphatic carboxylic acids is 1. The minimum Gasteiger partial charge on any atom is -0.481 e. The summed E-state index contributed by atoms with van der Waals surface area (Å²) in [5.41, 5.74) is 1.73. The number of hydrogen-bond acceptors (Lipinski definition) is 5. The quantitative estimate of drug-likeness (QED) is 0.188. The third kappa shape index (κ3) is 6.56. The second-order valence-corrected chi connectivity index (χ2v) is 21.0. The molecule has 4 fully saturated rings. The molecule has 6 rings (SSSR count). The van der Waals surface area contributed by atoms with Crippen LogP contribution in [0.5, 0.6) is 0 Å². The Morgan fingerprint density at radius 2 is 1.65 bits per heavy atom. The first-order valence-corrected chi connectivity index (χ1v) is 21.1. The number of allylic oxidation sites excluding steroid dienone is 4. The van der Waals surface area contributed by atoms with Gasteiger partial charge in [-0.2, -0.15) is 0 Å². The Balaban J connectivity index is 1.26. The van der Waals surface area contributed by atoms with Gasteiger partial charge in [0.2, 0.25) is 0 Å². The summed E-state index contributed by atoms with van der Waals surface area (Å²) in [5.74, 6) is 0.248. The molecule has 0 spiro atoms. The topological polar surface area (TPSA) is 97.7 Å². The predicted octanol–water partition coefficient (Wildman–Crippen LogP) is 11.4. The van der Waals surface area contributed by atoms with Crippen LogP contribution in [-0.2, 0) is 23.9 Å². The second-order valence-electron chi connectivity index (χ2n) is 20.5. The van der Waals surface area contributed by atoms with Crippen LogP contribution in [0.3, 0.4) is 0 Å². The molecule has 0 heterocycles. The molecule has 9 atom stereocenters. The third-order valence-electron chi connectivity index (χ3n) is 16.4. The van der Waals surface area contributed by atoms with Crippen LogP contribution in [-0.4, -0.2) is 34.7 Å². The number of fused-ring (bicyclic) bond motifs is 7. The van der Waals surface area contributed by atoms with Crippen LogP contribution in [0, 0.1) is 56.2 Å². The van der Waals surface area contributed by atoms with E-state index in [0.717, 1.165) is 62.5 Å². The van der Waals surface area contributed by atoms with Crippen LogP contribution >= 0.6 is 11.6 Å². The fourth-order valence-electron chi connectivity index (χ4n) is 13.2. The molecule has 6 nitrogen and oxygen atoms in total. The molecule has 1 N–H and O–H groups in total. The zero-order chi connectivity index (χ0) is 39.8. The number of carbonyl (C=O) groups is 4. The van der Waals surface area contributed by atoms with Crippen molar-refractivity contribution in [3.63, 3.8) is 0 Å². The highest BCUT2D eigenvalue weighted by molar-refractivity contribution is 6.30. The van der Waals surface area contributed by atoms with Gasteiger partial charge < -0.3 is 9.84 Å². The van der Waals surface area contributed by atoms with Gasteiger partial charge in [-0.1, -0.05) is 85.2 Å². The second kappa shape index (κ2) is 14.0. The lowest BCUT2D eigenvalue weighted by Gasteiger charge is -2.72. The number of hydrogen-bond donors (Lipinski definition) is 1. The predicted molar refractivity (Wildman–Crippen MR) is 214 cm³/mol. The van der Waals surface area contributed by atoms with Crippen molar-refractivity contribution >= 4 is 35.1 Å². The fraction of sp³-hybridized carbons (Fsp3) is 0.702. The van der Waals surface area contributed by atoms with E-state index in [1.165, 1.54) is 5.57 Å². The summed E-state index contributed by atoms with van der Waals surface area (Å²) in [7, 11) is 0. The van der Waals surface area contributed by atoms with Crippen molar-refractivity contribution in [1.29, 1.82) is 0 Å². The van der Waals surface area contributed by atoms with E-state index >= 15 is 0 Å². The molecule has 296 valence electrons. The maximum absolute atomic E-state index is 14.0. The van der Waals surface area contributed by atoms with Crippen LogP contribution in [0.25, 0.3) is 0 Å². The molecule has 7 heteroatoms. The zero-order valence-corrected chi connectivity index (χ0v) is 35.3. The lowest BCUT2D eigenvalue weighted by molar-refractivity contribution is -0.232. The van der Waals surface area contributed by atoms with Crippen LogP contribution < -0.4 is 0 Å². The van der Waals surface area contributed by atoms with Gasteiger partial charge in [0, 0.05) is 28.7 Å². The first kappa shape index (κ1) is 40.9. The average Bonchev–Trinajstić information content (AvgIpc) is 3.37. The maximum atomic E-state index is 14.0. The van der Waals surface area contributed by atoms with Crippen molar-refractivity contribution < 1.29 is 29.0 Å². The van der Waals surface area contributed by atoms with E-state index in [1.807, 2.05) is 24.3 Å². The molecular formula is C47H65ClO6. The molecule has 0 amide bonds. The highest BCUT2D eigenvalue weighted by atomic mass is 35.5. The summed E-state index contributed by atoms with van der Waals surface area (Å²) < 4.78 is 6.17. The number of rotatable bonds is 10. The number of halogens is 1. The normalized spacial score (nSPS) is 36.6. The Kier molecular flexibility index (Phi) is 10.6. The van der Waals surface area contributed by atoms with Crippen molar-refractivity contribution in [2.75, 3.05) is 0 Å². The van der Waals surface area contributed by atoms with E-state index in [2.05, 4.69) is 61.5 Å². The number of carbonyl (C=O) groups excluding carboxylic acids is 3. The molecule has 0 aromatic heterocycles. The molecule has 0 bridgehead atoms. The van der Waals surface area contributed by atoms with Crippen LogP contribution in [0.2, 0.25) is 5.02 Å². The van der Waals surface area contributed by atoms with Crippen molar-refractivity contribution in [2.45, 2.75) is 152 Å². The number of ether oxygens (including phenoxy) is 1. The highest BCUT2D eigenvalue weighted by Gasteiger charge is 2.70. The van der Waals surface area contributed by atoms with Crippen molar-refractivity contribution in [3.8, 4) is 0 Å². The summed E-state index contributed by atoms with van der Waals surface area (Å²) in [6.07, 6.45) is 12.4. The molecule has 4 saturated carbocycles. The van der Waals surface area contributed by atoms with Crippen molar-refractivity contribution in [2.24, 2.45) is 56.2 Å². The van der Waals surface area contributed by atoms with Crippen molar-refractivity contribution in [3.05, 3.63) is 58.1 Å². The summed E-state index contributed by atoms with van der Waals surface area (Å²) in [6.45, 7) is 21.7.